The Bertz CT molecular complexity index is 515. The third-order valence-corrected chi connectivity index (χ3v) is 4.40. The first kappa shape index (κ1) is 13.0. The van der Waals surface area contributed by atoms with Gasteiger partial charge in [-0.3, -0.25) is 0 Å². The molecule has 3 heteroatoms. The number of aryl methyl sites for hydroxylation is 1. The summed E-state index contributed by atoms with van der Waals surface area (Å²) in [6, 6.07) is 10.3. The molecule has 96 valence electrons. The Balaban J connectivity index is 2.07. The first-order chi connectivity index (χ1) is 8.49. The van der Waals surface area contributed by atoms with Gasteiger partial charge in [0.05, 0.1) is 0 Å². The van der Waals surface area contributed by atoms with Crippen molar-refractivity contribution < 1.29 is 0 Å². The Labute approximate surface area is 113 Å². The van der Waals surface area contributed by atoms with Crippen LogP contribution in [0.5, 0.6) is 0 Å². The molecular weight excluding hydrogens is 240 g/mol. The number of nitrogens with one attached hydrogen (secondary N) is 1. The van der Waals surface area contributed by atoms with Crippen molar-refractivity contribution in [2.24, 2.45) is 0 Å². The highest BCUT2D eigenvalue weighted by Gasteiger charge is 2.21. The molecule has 0 unspecified atom stereocenters. The van der Waals surface area contributed by atoms with E-state index in [-0.39, 0.29) is 5.41 Å². The lowest BCUT2D eigenvalue weighted by Gasteiger charge is -2.25. The van der Waals surface area contributed by atoms with Crippen LogP contribution in [-0.2, 0) is 5.41 Å². The molecule has 0 saturated heterocycles. The number of hydrogen-bond acceptors (Lipinski definition) is 3. The van der Waals surface area contributed by atoms with Gasteiger partial charge in [-0.2, -0.15) is 0 Å². The first-order valence-electron chi connectivity index (χ1n) is 6.13. The van der Waals surface area contributed by atoms with E-state index in [1.54, 1.807) is 0 Å². The maximum absolute atomic E-state index is 5.76. The highest BCUT2D eigenvalue weighted by atomic mass is 32.1. The molecule has 0 saturated carbocycles. The normalized spacial score (nSPS) is 11.5. The Kier molecular flexibility index (Phi) is 3.62. The number of benzene rings is 1. The van der Waals surface area contributed by atoms with Crippen molar-refractivity contribution in [1.29, 1.82) is 0 Å². The van der Waals surface area contributed by atoms with Gasteiger partial charge in [-0.15, -0.1) is 11.3 Å². The zero-order valence-corrected chi connectivity index (χ0v) is 12.0. The molecule has 1 aromatic carbocycles. The average molecular weight is 260 g/mol. The van der Waals surface area contributed by atoms with Crippen LogP contribution in [0.1, 0.15) is 24.3 Å². The first-order valence-corrected chi connectivity index (χ1v) is 7.01. The van der Waals surface area contributed by atoms with Gasteiger partial charge >= 0.3 is 0 Å². The third kappa shape index (κ3) is 2.85. The van der Waals surface area contributed by atoms with Crippen LogP contribution in [0.25, 0.3) is 0 Å². The SMILES string of the molecule is Cc1cc(N)ccc1NCC(C)(C)c1cccs1. The van der Waals surface area contributed by atoms with Crippen LogP contribution in [0.2, 0.25) is 0 Å². The van der Waals surface area contributed by atoms with Gasteiger partial charge in [-0.1, -0.05) is 19.9 Å². The minimum atomic E-state index is 0.141. The van der Waals surface area contributed by atoms with Crippen molar-refractivity contribution in [1.82, 2.24) is 0 Å². The molecule has 0 fully saturated rings. The number of nitrogen functional groups attached to an aromatic ring is 1. The van der Waals surface area contributed by atoms with E-state index < -0.39 is 0 Å². The molecule has 1 aromatic heterocycles. The van der Waals surface area contributed by atoms with Gasteiger partial charge in [0, 0.05) is 28.2 Å². The molecule has 2 rings (SSSR count). The van der Waals surface area contributed by atoms with Gasteiger partial charge in [0.25, 0.3) is 0 Å². The van der Waals surface area contributed by atoms with E-state index in [1.807, 2.05) is 23.5 Å². The summed E-state index contributed by atoms with van der Waals surface area (Å²) in [7, 11) is 0. The molecule has 2 aromatic rings. The summed E-state index contributed by atoms with van der Waals surface area (Å²) in [5.74, 6) is 0. The molecule has 0 radical (unpaired) electrons. The number of nitrogens with two attached hydrogens (primary N) is 1. The number of rotatable bonds is 4. The van der Waals surface area contributed by atoms with Crippen molar-refractivity contribution in [3.05, 3.63) is 46.2 Å². The van der Waals surface area contributed by atoms with E-state index >= 15 is 0 Å². The summed E-state index contributed by atoms with van der Waals surface area (Å²) < 4.78 is 0. The van der Waals surface area contributed by atoms with Gasteiger partial charge in [0.15, 0.2) is 0 Å². The number of thiophene rings is 1. The molecule has 1 heterocycles. The van der Waals surface area contributed by atoms with Crippen LogP contribution in [0.4, 0.5) is 11.4 Å². The molecule has 0 atom stereocenters. The zero-order valence-electron chi connectivity index (χ0n) is 11.2. The second kappa shape index (κ2) is 5.02. The molecule has 2 nitrogen and oxygen atoms in total. The highest BCUT2D eigenvalue weighted by molar-refractivity contribution is 7.10. The van der Waals surface area contributed by atoms with Crippen LogP contribution in [0, 0.1) is 6.92 Å². The maximum atomic E-state index is 5.76. The number of anilines is 2. The van der Waals surface area contributed by atoms with Crippen molar-refractivity contribution in [3.63, 3.8) is 0 Å². The number of hydrogen-bond donors (Lipinski definition) is 2. The lowest BCUT2D eigenvalue weighted by molar-refractivity contribution is 0.569. The lowest BCUT2D eigenvalue weighted by atomic mass is 9.91. The largest absolute Gasteiger partial charge is 0.399 e. The predicted molar refractivity (Wildman–Crippen MR) is 81.4 cm³/mol. The van der Waals surface area contributed by atoms with Crippen LogP contribution in [0.3, 0.4) is 0 Å². The Hall–Kier alpha value is -1.48. The van der Waals surface area contributed by atoms with Gasteiger partial charge in [-0.05, 0) is 42.1 Å². The van der Waals surface area contributed by atoms with Gasteiger partial charge in [-0.25, -0.2) is 0 Å². The fraction of sp³-hybridized carbons (Fsp3) is 0.333. The second-order valence-electron chi connectivity index (χ2n) is 5.29. The fourth-order valence-electron chi connectivity index (χ4n) is 1.95. The molecule has 0 aliphatic carbocycles. The van der Waals surface area contributed by atoms with Crippen molar-refractivity contribution >= 4 is 22.7 Å². The van der Waals surface area contributed by atoms with E-state index in [0.29, 0.717) is 0 Å². The smallest absolute Gasteiger partial charge is 0.0371 e. The second-order valence-corrected chi connectivity index (χ2v) is 6.24. The maximum Gasteiger partial charge on any atom is 0.0371 e. The molecule has 0 aliphatic heterocycles. The molecule has 0 amide bonds. The van der Waals surface area contributed by atoms with Crippen LogP contribution in [-0.4, -0.2) is 6.54 Å². The summed E-state index contributed by atoms with van der Waals surface area (Å²) in [4.78, 5) is 1.41. The standard InChI is InChI=1S/C15H20N2S/c1-11-9-12(16)6-7-13(11)17-10-15(2,3)14-5-4-8-18-14/h4-9,17H,10,16H2,1-3H3. The zero-order chi connectivity index (χ0) is 13.2. The Morgan fingerprint density at radius 2 is 2.06 bits per heavy atom. The molecule has 3 N–H and O–H groups in total. The lowest BCUT2D eigenvalue weighted by Crippen LogP contribution is -2.26. The summed E-state index contributed by atoms with van der Waals surface area (Å²) >= 11 is 1.81. The van der Waals surface area contributed by atoms with Gasteiger partial charge in [0.2, 0.25) is 0 Å². The highest BCUT2D eigenvalue weighted by Crippen LogP contribution is 2.28. The minimum Gasteiger partial charge on any atom is -0.399 e. The summed E-state index contributed by atoms with van der Waals surface area (Å²) in [5, 5.41) is 5.65. The summed E-state index contributed by atoms with van der Waals surface area (Å²) in [6.07, 6.45) is 0. The van der Waals surface area contributed by atoms with Crippen LogP contribution < -0.4 is 11.1 Å². The predicted octanol–water partition coefficient (Wildman–Crippen LogP) is 4.03. The van der Waals surface area contributed by atoms with Crippen LogP contribution >= 0.6 is 11.3 Å². The van der Waals surface area contributed by atoms with E-state index in [9.17, 15) is 0 Å². The van der Waals surface area contributed by atoms with Crippen molar-refractivity contribution in [3.8, 4) is 0 Å². The van der Waals surface area contributed by atoms with E-state index in [2.05, 4.69) is 49.7 Å². The van der Waals surface area contributed by atoms with E-state index in [4.69, 9.17) is 5.73 Å². The molecule has 0 aliphatic rings. The van der Waals surface area contributed by atoms with Gasteiger partial charge < -0.3 is 11.1 Å². The molecule has 0 bridgehead atoms. The van der Waals surface area contributed by atoms with Crippen molar-refractivity contribution in [2.45, 2.75) is 26.2 Å². The topological polar surface area (TPSA) is 38.0 Å². The fourth-order valence-corrected chi connectivity index (χ4v) is 2.80. The molecule has 0 spiro atoms. The Morgan fingerprint density at radius 1 is 1.28 bits per heavy atom. The van der Waals surface area contributed by atoms with Crippen molar-refractivity contribution in [2.75, 3.05) is 17.6 Å². The quantitative estimate of drug-likeness (QED) is 0.815. The summed E-state index contributed by atoms with van der Waals surface area (Å²) in [6.45, 7) is 7.52. The van der Waals surface area contributed by atoms with E-state index in [1.165, 1.54) is 10.4 Å². The third-order valence-electron chi connectivity index (χ3n) is 3.16. The minimum absolute atomic E-state index is 0.141. The monoisotopic (exact) mass is 260 g/mol. The van der Waals surface area contributed by atoms with Gasteiger partial charge in [0.1, 0.15) is 0 Å². The molecule has 18 heavy (non-hydrogen) atoms. The summed E-state index contributed by atoms with van der Waals surface area (Å²) in [5.41, 5.74) is 9.07. The van der Waals surface area contributed by atoms with Crippen LogP contribution in [0.15, 0.2) is 35.7 Å². The Morgan fingerprint density at radius 3 is 2.67 bits per heavy atom. The van der Waals surface area contributed by atoms with E-state index in [0.717, 1.165) is 17.9 Å². The molecular formula is C15H20N2S. The average Bonchev–Trinajstić information content (AvgIpc) is 2.82.